The topological polar surface area (TPSA) is 105 Å². The Kier molecular flexibility index (Phi) is 6.25. The van der Waals surface area contributed by atoms with E-state index < -0.39 is 17.7 Å². The Morgan fingerprint density at radius 1 is 1.00 bits per heavy atom. The average Bonchev–Trinajstić information content (AvgIpc) is 3.42. The number of aliphatic hydroxyl groups is 1. The van der Waals surface area contributed by atoms with Gasteiger partial charge in [0.1, 0.15) is 5.76 Å². The molecule has 1 amide bonds. The quantitative estimate of drug-likeness (QED) is 0.187. The normalized spacial score (nSPS) is 17.0. The van der Waals surface area contributed by atoms with E-state index in [2.05, 4.69) is 25.9 Å². The van der Waals surface area contributed by atoms with Gasteiger partial charge in [0, 0.05) is 10.0 Å². The molecule has 5 rings (SSSR count). The number of aromatic nitrogens is 2. The van der Waals surface area contributed by atoms with E-state index in [0.717, 1.165) is 21.1 Å². The van der Waals surface area contributed by atoms with E-state index in [0.29, 0.717) is 28.1 Å². The van der Waals surface area contributed by atoms with Crippen molar-refractivity contribution >= 4 is 50.4 Å². The number of fused-ring (bicyclic) bond motifs is 1. The van der Waals surface area contributed by atoms with Crippen molar-refractivity contribution in [3.63, 3.8) is 0 Å². The van der Waals surface area contributed by atoms with Gasteiger partial charge in [-0.25, -0.2) is 4.98 Å². The van der Waals surface area contributed by atoms with Crippen LogP contribution in [-0.2, 0) is 9.59 Å². The van der Waals surface area contributed by atoms with Gasteiger partial charge < -0.3 is 19.6 Å². The molecule has 0 spiro atoms. The molecule has 9 heteroatoms. The van der Waals surface area contributed by atoms with Crippen LogP contribution in [-0.4, -0.2) is 41.0 Å². The number of benzene rings is 3. The molecule has 1 fully saturated rings. The number of halogens is 1. The smallest absolute Gasteiger partial charge is 0.302 e. The van der Waals surface area contributed by atoms with E-state index in [1.165, 1.54) is 19.1 Å². The highest BCUT2D eigenvalue weighted by Gasteiger charge is 2.48. The monoisotopic (exact) mass is 561 g/mol. The number of hydrogen-bond acceptors (Lipinski definition) is 6. The Bertz CT molecular complexity index is 1610. The lowest BCUT2D eigenvalue weighted by atomic mass is 9.94. The Morgan fingerprint density at radius 2 is 1.76 bits per heavy atom. The number of aromatic amines is 1. The lowest BCUT2D eigenvalue weighted by molar-refractivity contribution is -0.132. The summed E-state index contributed by atoms with van der Waals surface area (Å²) in [4.78, 5) is 36.0. The van der Waals surface area contributed by atoms with Crippen molar-refractivity contribution in [1.29, 1.82) is 0 Å². The number of nitrogens with zero attached hydrogens (tertiary/aromatic N) is 2. The average molecular weight is 562 g/mol. The predicted octanol–water partition coefficient (Wildman–Crippen LogP) is 5.59. The highest BCUT2D eigenvalue weighted by atomic mass is 79.9. The van der Waals surface area contributed by atoms with Crippen LogP contribution in [0.4, 0.5) is 5.95 Å². The van der Waals surface area contributed by atoms with Crippen LogP contribution in [0.3, 0.4) is 0 Å². The molecule has 1 saturated heterocycles. The van der Waals surface area contributed by atoms with Crippen LogP contribution in [0.15, 0.2) is 64.6 Å². The zero-order chi connectivity index (χ0) is 26.4. The van der Waals surface area contributed by atoms with Crippen molar-refractivity contribution < 1.29 is 24.2 Å². The van der Waals surface area contributed by atoms with Crippen molar-refractivity contribution in [2.75, 3.05) is 19.1 Å². The molecular formula is C28H24BrN3O5. The maximum atomic E-state index is 13.5. The Morgan fingerprint density at radius 3 is 2.46 bits per heavy atom. The number of hydrogen-bond donors (Lipinski definition) is 2. The third-order valence-electron chi connectivity index (χ3n) is 6.45. The minimum atomic E-state index is -0.967. The number of Topliss-reactive ketones (excluding diaryl/α,β-unsaturated/α-hetero) is 1. The van der Waals surface area contributed by atoms with Gasteiger partial charge in [-0.15, -0.1) is 0 Å². The fourth-order valence-corrected chi connectivity index (χ4v) is 4.81. The van der Waals surface area contributed by atoms with Crippen molar-refractivity contribution in [1.82, 2.24) is 9.97 Å². The van der Waals surface area contributed by atoms with Crippen LogP contribution in [0.1, 0.15) is 28.3 Å². The number of carbonyl (C=O) groups is 2. The third-order valence-corrected chi connectivity index (χ3v) is 7.34. The fourth-order valence-electron chi connectivity index (χ4n) is 4.56. The van der Waals surface area contributed by atoms with Gasteiger partial charge in [-0.2, -0.15) is 0 Å². The molecule has 3 aromatic carbocycles. The lowest BCUT2D eigenvalue weighted by Crippen LogP contribution is -2.30. The summed E-state index contributed by atoms with van der Waals surface area (Å²) in [6, 6.07) is 15.1. The highest BCUT2D eigenvalue weighted by molar-refractivity contribution is 9.10. The first-order valence-corrected chi connectivity index (χ1v) is 12.3. The molecule has 8 nitrogen and oxygen atoms in total. The highest BCUT2D eigenvalue weighted by Crippen LogP contribution is 2.44. The van der Waals surface area contributed by atoms with E-state index in [9.17, 15) is 14.7 Å². The first kappa shape index (κ1) is 24.6. The molecule has 0 bridgehead atoms. The molecule has 0 saturated carbocycles. The van der Waals surface area contributed by atoms with E-state index in [1.807, 2.05) is 32.0 Å². The van der Waals surface area contributed by atoms with Crippen molar-refractivity contribution in [3.8, 4) is 11.5 Å². The molecule has 0 radical (unpaired) electrons. The van der Waals surface area contributed by atoms with Crippen LogP contribution >= 0.6 is 15.9 Å². The van der Waals surface area contributed by atoms with Crippen molar-refractivity contribution in [2.45, 2.75) is 19.9 Å². The number of nitrogens with one attached hydrogen (secondary N) is 1. The molecular weight excluding hydrogens is 538 g/mol. The van der Waals surface area contributed by atoms with Gasteiger partial charge in [0.2, 0.25) is 5.95 Å². The van der Waals surface area contributed by atoms with Crippen LogP contribution < -0.4 is 14.4 Å². The van der Waals surface area contributed by atoms with Crippen molar-refractivity contribution in [3.05, 3.63) is 86.9 Å². The number of ether oxygens (including phenoxy) is 2. The second-order valence-electron chi connectivity index (χ2n) is 8.83. The standard InChI is InChI=1S/C28H24BrN3O5/c1-14-5-9-19-20(11-14)31-28(30-19)32-24(16-7-10-21(36-3)22(13-16)37-4)23(26(34)27(32)35)25(33)17-6-8-18(29)15(2)12-17/h5-13,24,33H,1-4H3,(H,30,31)/b25-23+. The second kappa shape index (κ2) is 9.40. The Balaban J connectivity index is 1.76. The summed E-state index contributed by atoms with van der Waals surface area (Å²) in [5.74, 6) is -0.770. The number of carbonyl (C=O) groups excluding carboxylic acids is 2. The van der Waals surface area contributed by atoms with Crippen molar-refractivity contribution in [2.24, 2.45) is 0 Å². The number of rotatable bonds is 5. The zero-order valence-corrected chi connectivity index (χ0v) is 22.2. The van der Waals surface area contributed by atoms with Gasteiger partial charge in [-0.3, -0.25) is 14.5 Å². The molecule has 1 aliphatic heterocycles. The molecule has 1 aromatic heterocycles. The summed E-state index contributed by atoms with van der Waals surface area (Å²) >= 11 is 3.46. The maximum Gasteiger partial charge on any atom is 0.302 e. The molecule has 0 aliphatic carbocycles. The second-order valence-corrected chi connectivity index (χ2v) is 9.68. The minimum Gasteiger partial charge on any atom is -0.507 e. The molecule has 4 aromatic rings. The largest absolute Gasteiger partial charge is 0.507 e. The van der Waals surface area contributed by atoms with Gasteiger partial charge in [-0.1, -0.05) is 34.1 Å². The summed E-state index contributed by atoms with van der Waals surface area (Å²) in [5, 5.41) is 11.4. The van der Waals surface area contributed by atoms with Crippen LogP contribution in [0.5, 0.6) is 11.5 Å². The van der Waals surface area contributed by atoms with Crippen LogP contribution in [0.2, 0.25) is 0 Å². The van der Waals surface area contributed by atoms with Gasteiger partial charge in [0.05, 0.1) is 36.9 Å². The van der Waals surface area contributed by atoms with E-state index >= 15 is 0 Å². The molecule has 2 heterocycles. The first-order chi connectivity index (χ1) is 17.7. The zero-order valence-electron chi connectivity index (χ0n) is 20.6. The van der Waals surface area contributed by atoms with E-state index in [4.69, 9.17) is 9.47 Å². The molecule has 188 valence electrons. The SMILES string of the molecule is COc1ccc(C2/C(=C(\O)c3ccc(Br)c(C)c3)C(=O)C(=O)N2c2nc3ccc(C)cc3[nH]2)cc1OC. The molecule has 2 N–H and O–H groups in total. The number of methoxy groups -OCH3 is 2. The van der Waals surface area contributed by atoms with Crippen LogP contribution in [0, 0.1) is 13.8 Å². The molecule has 1 atom stereocenters. The fraction of sp³-hybridized carbons (Fsp3) is 0.179. The summed E-state index contributed by atoms with van der Waals surface area (Å²) < 4.78 is 11.7. The summed E-state index contributed by atoms with van der Waals surface area (Å²) in [7, 11) is 3.03. The van der Waals surface area contributed by atoms with Crippen LogP contribution in [0.25, 0.3) is 16.8 Å². The number of H-pyrrole nitrogens is 1. The lowest BCUT2D eigenvalue weighted by Gasteiger charge is -2.24. The van der Waals surface area contributed by atoms with E-state index in [-0.39, 0.29) is 17.3 Å². The maximum absolute atomic E-state index is 13.5. The molecule has 37 heavy (non-hydrogen) atoms. The number of ketones is 1. The van der Waals surface area contributed by atoms with Gasteiger partial charge in [0.15, 0.2) is 11.5 Å². The Labute approximate surface area is 221 Å². The molecule has 1 aliphatic rings. The summed E-state index contributed by atoms with van der Waals surface area (Å²) in [5.41, 5.74) is 4.19. The van der Waals surface area contributed by atoms with Gasteiger partial charge in [0.25, 0.3) is 5.78 Å². The number of imidazole rings is 1. The minimum absolute atomic E-state index is 0.0458. The van der Waals surface area contributed by atoms with Gasteiger partial charge >= 0.3 is 5.91 Å². The summed E-state index contributed by atoms with van der Waals surface area (Å²) in [6.45, 7) is 3.83. The molecule has 1 unspecified atom stereocenters. The number of anilines is 1. The van der Waals surface area contributed by atoms with Gasteiger partial charge in [-0.05, 0) is 66.9 Å². The Hall–Kier alpha value is -4.11. The van der Waals surface area contributed by atoms with E-state index in [1.54, 1.807) is 36.4 Å². The number of aliphatic hydroxyl groups excluding tert-OH is 1. The number of aryl methyl sites for hydroxylation is 2. The number of amides is 1. The summed E-state index contributed by atoms with van der Waals surface area (Å²) in [6.07, 6.45) is 0. The third kappa shape index (κ3) is 4.15. The first-order valence-electron chi connectivity index (χ1n) is 11.5. The predicted molar refractivity (Wildman–Crippen MR) is 144 cm³/mol.